The topological polar surface area (TPSA) is 69.6 Å². The predicted octanol–water partition coefficient (Wildman–Crippen LogP) is 2.17. The minimum Gasteiger partial charge on any atom is -0.368 e. The van der Waals surface area contributed by atoms with E-state index in [-0.39, 0.29) is 11.1 Å². The molecule has 3 aromatic heterocycles. The molecule has 0 saturated carbocycles. The summed E-state index contributed by atoms with van der Waals surface area (Å²) in [5.41, 5.74) is 6.82. The van der Waals surface area contributed by atoms with Crippen molar-refractivity contribution in [3.63, 3.8) is 0 Å². The zero-order valence-corrected chi connectivity index (χ0v) is 10.2. The molecule has 0 radical (unpaired) electrons. The summed E-state index contributed by atoms with van der Waals surface area (Å²) in [6.07, 6.45) is 1.70. The molecule has 5 nitrogen and oxygen atoms in total. The summed E-state index contributed by atoms with van der Waals surface area (Å²) in [7, 11) is 0. The number of aromatic nitrogens is 4. The predicted molar refractivity (Wildman–Crippen MR) is 68.2 cm³/mol. The number of nitrogen functional groups attached to an aromatic ring is 1. The number of hydrogen-bond acceptors (Lipinski definition) is 5. The summed E-state index contributed by atoms with van der Waals surface area (Å²) >= 11 is 7.64. The molecule has 0 bridgehead atoms. The van der Waals surface area contributed by atoms with Crippen molar-refractivity contribution < 1.29 is 0 Å². The fraction of sp³-hybridized carbons (Fsp3) is 0.100. The molecular weight excluding hydrogens is 258 g/mol. The molecule has 3 heterocycles. The third-order valence-corrected chi connectivity index (χ3v) is 3.47. The maximum absolute atomic E-state index is 5.95. The average Bonchev–Trinajstić information content (AvgIpc) is 2.89. The molecule has 0 aliphatic rings. The first-order valence-corrected chi connectivity index (χ1v) is 6.16. The van der Waals surface area contributed by atoms with E-state index in [4.69, 9.17) is 17.3 Å². The molecule has 0 saturated heterocycles. The molecule has 0 aliphatic carbocycles. The highest BCUT2D eigenvalue weighted by Crippen LogP contribution is 2.21. The first kappa shape index (κ1) is 10.5. The lowest BCUT2D eigenvalue weighted by atomic mass is 10.4. The Kier molecular flexibility index (Phi) is 2.45. The van der Waals surface area contributed by atoms with Crippen LogP contribution in [0.3, 0.4) is 0 Å². The highest BCUT2D eigenvalue weighted by molar-refractivity contribution is 7.09. The van der Waals surface area contributed by atoms with Crippen molar-refractivity contribution in [2.75, 3.05) is 5.73 Å². The lowest BCUT2D eigenvalue weighted by Gasteiger charge is -2.01. The SMILES string of the molecule is Nc1nc(Cl)c2ncn(Cc3cccs3)c2n1. The molecule has 7 heteroatoms. The van der Waals surface area contributed by atoms with E-state index in [1.54, 1.807) is 17.7 Å². The van der Waals surface area contributed by atoms with Crippen LogP contribution in [-0.4, -0.2) is 19.5 Å². The van der Waals surface area contributed by atoms with Crippen LogP contribution < -0.4 is 5.73 Å². The number of rotatable bonds is 2. The van der Waals surface area contributed by atoms with Gasteiger partial charge in [0.1, 0.15) is 5.52 Å². The number of fused-ring (bicyclic) bond motifs is 1. The van der Waals surface area contributed by atoms with Crippen LogP contribution in [0.25, 0.3) is 11.2 Å². The summed E-state index contributed by atoms with van der Waals surface area (Å²) in [5.74, 6) is 0.162. The zero-order valence-electron chi connectivity index (χ0n) is 8.67. The number of imidazole rings is 1. The molecule has 0 unspecified atom stereocenters. The Hall–Kier alpha value is -1.66. The first-order chi connectivity index (χ1) is 8.24. The highest BCUT2D eigenvalue weighted by atomic mass is 35.5. The fourth-order valence-electron chi connectivity index (χ4n) is 1.61. The number of nitrogens with two attached hydrogens (primary N) is 1. The summed E-state index contributed by atoms with van der Waals surface area (Å²) < 4.78 is 1.91. The zero-order chi connectivity index (χ0) is 11.8. The van der Waals surface area contributed by atoms with Gasteiger partial charge in [0.2, 0.25) is 5.95 Å². The molecule has 0 atom stereocenters. The van der Waals surface area contributed by atoms with Gasteiger partial charge in [0.15, 0.2) is 10.8 Å². The van der Waals surface area contributed by atoms with Crippen molar-refractivity contribution in [3.05, 3.63) is 33.9 Å². The van der Waals surface area contributed by atoms with Crippen LogP contribution in [0.4, 0.5) is 5.95 Å². The van der Waals surface area contributed by atoms with Crippen molar-refractivity contribution in [2.24, 2.45) is 0 Å². The Morgan fingerprint density at radius 2 is 2.29 bits per heavy atom. The lowest BCUT2D eigenvalue weighted by Crippen LogP contribution is -2.01. The van der Waals surface area contributed by atoms with E-state index >= 15 is 0 Å². The minimum atomic E-state index is 0.162. The molecule has 0 aliphatic heterocycles. The van der Waals surface area contributed by atoms with Gasteiger partial charge in [0.25, 0.3) is 0 Å². The van der Waals surface area contributed by atoms with E-state index in [0.29, 0.717) is 17.7 Å². The van der Waals surface area contributed by atoms with Gasteiger partial charge in [0.05, 0.1) is 12.9 Å². The molecule has 0 spiro atoms. The maximum Gasteiger partial charge on any atom is 0.223 e. The van der Waals surface area contributed by atoms with Gasteiger partial charge in [-0.3, -0.25) is 0 Å². The Morgan fingerprint density at radius 3 is 3.06 bits per heavy atom. The van der Waals surface area contributed by atoms with E-state index in [0.717, 1.165) is 0 Å². The monoisotopic (exact) mass is 265 g/mol. The molecule has 0 fully saturated rings. The Balaban J connectivity index is 2.11. The van der Waals surface area contributed by atoms with Crippen LogP contribution in [0, 0.1) is 0 Å². The van der Waals surface area contributed by atoms with E-state index in [1.807, 2.05) is 16.0 Å². The fourth-order valence-corrected chi connectivity index (χ4v) is 2.53. The first-order valence-electron chi connectivity index (χ1n) is 4.90. The van der Waals surface area contributed by atoms with Crippen molar-refractivity contribution in [2.45, 2.75) is 6.54 Å². The molecule has 2 N–H and O–H groups in total. The average molecular weight is 266 g/mol. The number of hydrogen-bond donors (Lipinski definition) is 1. The van der Waals surface area contributed by atoms with E-state index in [2.05, 4.69) is 21.0 Å². The second-order valence-corrected chi connectivity index (χ2v) is 4.89. The van der Waals surface area contributed by atoms with Gasteiger partial charge in [-0.1, -0.05) is 17.7 Å². The van der Waals surface area contributed by atoms with Gasteiger partial charge in [-0.05, 0) is 11.4 Å². The summed E-state index contributed by atoms with van der Waals surface area (Å²) in [6.45, 7) is 0.709. The largest absolute Gasteiger partial charge is 0.368 e. The van der Waals surface area contributed by atoms with Crippen molar-refractivity contribution in [1.29, 1.82) is 0 Å². The normalized spacial score (nSPS) is 11.1. The standard InChI is InChI=1S/C10H8ClN5S/c11-8-7-9(15-10(12)14-8)16(5-13-7)4-6-2-1-3-17-6/h1-3,5H,4H2,(H2,12,14,15). The Labute approximate surface area is 106 Å². The van der Waals surface area contributed by atoms with Gasteiger partial charge < -0.3 is 10.3 Å². The van der Waals surface area contributed by atoms with Crippen molar-refractivity contribution >= 4 is 40.0 Å². The number of nitrogens with zero attached hydrogens (tertiary/aromatic N) is 4. The number of thiophene rings is 1. The molecule has 0 amide bonds. The van der Waals surface area contributed by atoms with Crippen LogP contribution >= 0.6 is 22.9 Å². The second-order valence-electron chi connectivity index (χ2n) is 3.50. The molecule has 3 rings (SSSR count). The summed E-state index contributed by atoms with van der Waals surface area (Å²) in [5, 5.41) is 2.32. The van der Waals surface area contributed by atoms with Crippen LogP contribution in [0.15, 0.2) is 23.8 Å². The van der Waals surface area contributed by atoms with E-state index < -0.39 is 0 Å². The van der Waals surface area contributed by atoms with Crippen LogP contribution in [-0.2, 0) is 6.54 Å². The summed E-state index contributed by atoms with van der Waals surface area (Å²) in [6, 6.07) is 4.07. The van der Waals surface area contributed by atoms with Crippen LogP contribution in [0.1, 0.15) is 4.88 Å². The molecule has 86 valence electrons. The molecule has 3 aromatic rings. The van der Waals surface area contributed by atoms with Crippen LogP contribution in [0.2, 0.25) is 5.15 Å². The van der Waals surface area contributed by atoms with E-state index in [9.17, 15) is 0 Å². The van der Waals surface area contributed by atoms with Gasteiger partial charge in [-0.25, -0.2) is 4.98 Å². The molecule has 0 aromatic carbocycles. The molecule has 17 heavy (non-hydrogen) atoms. The van der Waals surface area contributed by atoms with Crippen LogP contribution in [0.5, 0.6) is 0 Å². The molecular formula is C10H8ClN5S. The van der Waals surface area contributed by atoms with Gasteiger partial charge in [-0.2, -0.15) is 9.97 Å². The van der Waals surface area contributed by atoms with Gasteiger partial charge in [-0.15, -0.1) is 11.3 Å². The van der Waals surface area contributed by atoms with Gasteiger partial charge >= 0.3 is 0 Å². The maximum atomic E-state index is 5.95. The van der Waals surface area contributed by atoms with E-state index in [1.165, 1.54) is 4.88 Å². The summed E-state index contributed by atoms with van der Waals surface area (Å²) in [4.78, 5) is 13.5. The Bertz CT molecular complexity index is 661. The number of halogens is 1. The lowest BCUT2D eigenvalue weighted by molar-refractivity contribution is 0.827. The number of anilines is 1. The smallest absolute Gasteiger partial charge is 0.223 e. The highest BCUT2D eigenvalue weighted by Gasteiger charge is 2.10. The third-order valence-electron chi connectivity index (χ3n) is 2.34. The van der Waals surface area contributed by atoms with Gasteiger partial charge in [0, 0.05) is 4.88 Å². The second kappa shape index (κ2) is 3.97. The Morgan fingerprint density at radius 1 is 1.41 bits per heavy atom. The van der Waals surface area contributed by atoms with Crippen molar-refractivity contribution in [3.8, 4) is 0 Å². The minimum absolute atomic E-state index is 0.162. The quantitative estimate of drug-likeness (QED) is 0.721. The third kappa shape index (κ3) is 1.85. The van der Waals surface area contributed by atoms with Crippen molar-refractivity contribution in [1.82, 2.24) is 19.5 Å².